The Morgan fingerprint density at radius 2 is 2.05 bits per heavy atom. The van der Waals surface area contributed by atoms with Gasteiger partial charge in [-0.2, -0.15) is 0 Å². The minimum absolute atomic E-state index is 0.268. The number of aliphatic carboxylic acids is 1. The Bertz CT molecular complexity index is 651. The van der Waals surface area contributed by atoms with Gasteiger partial charge in [0.25, 0.3) is 0 Å². The van der Waals surface area contributed by atoms with Gasteiger partial charge < -0.3 is 10.0 Å². The topological polar surface area (TPSA) is 53.4 Å². The molecule has 0 amide bonds. The zero-order chi connectivity index (χ0) is 14.1. The van der Waals surface area contributed by atoms with E-state index in [-0.39, 0.29) is 11.7 Å². The molecule has 2 heterocycles. The molecule has 1 aliphatic heterocycles. The van der Waals surface area contributed by atoms with Crippen LogP contribution in [0.15, 0.2) is 30.5 Å². The molecule has 1 N–H and O–H groups in total. The van der Waals surface area contributed by atoms with Crippen LogP contribution < -0.4 is 4.90 Å². The Morgan fingerprint density at radius 3 is 2.75 bits per heavy atom. The molecule has 1 fully saturated rings. The first-order valence-corrected chi connectivity index (χ1v) is 6.67. The van der Waals surface area contributed by atoms with Crippen molar-refractivity contribution < 1.29 is 14.3 Å². The molecular formula is C15H15FN2O2. The van der Waals surface area contributed by atoms with Crippen molar-refractivity contribution in [1.29, 1.82) is 0 Å². The lowest BCUT2D eigenvalue weighted by Gasteiger charge is -2.32. The van der Waals surface area contributed by atoms with E-state index in [4.69, 9.17) is 5.11 Å². The van der Waals surface area contributed by atoms with Gasteiger partial charge in [0.15, 0.2) is 0 Å². The number of pyridine rings is 1. The van der Waals surface area contributed by atoms with Crippen LogP contribution in [-0.4, -0.2) is 29.1 Å². The summed E-state index contributed by atoms with van der Waals surface area (Å²) in [5, 5.41) is 9.80. The third-order valence-corrected chi connectivity index (χ3v) is 3.87. The first-order valence-electron chi connectivity index (χ1n) is 6.67. The van der Waals surface area contributed by atoms with Crippen molar-refractivity contribution in [2.45, 2.75) is 12.8 Å². The minimum atomic E-state index is -0.727. The number of carboxylic acids is 1. The molecule has 20 heavy (non-hydrogen) atoms. The Balaban J connectivity index is 1.91. The SMILES string of the molecule is O=C(O)C1CCN(c2ccnc3ccc(F)cc23)CC1. The van der Waals surface area contributed by atoms with Crippen LogP contribution in [-0.2, 0) is 4.79 Å². The molecule has 2 aromatic rings. The molecular weight excluding hydrogens is 259 g/mol. The van der Waals surface area contributed by atoms with Crippen LogP contribution in [0, 0.1) is 11.7 Å². The number of fused-ring (bicyclic) bond motifs is 1. The standard InChI is InChI=1S/C15H15FN2O2/c16-11-1-2-13-12(9-11)14(3-6-17-13)18-7-4-10(5-8-18)15(19)20/h1-3,6,9-10H,4-5,7-8H2,(H,19,20). The maximum absolute atomic E-state index is 13.4. The highest BCUT2D eigenvalue weighted by Gasteiger charge is 2.25. The summed E-state index contributed by atoms with van der Waals surface area (Å²) in [6, 6.07) is 6.41. The summed E-state index contributed by atoms with van der Waals surface area (Å²) in [6.07, 6.45) is 2.95. The number of rotatable bonds is 2. The van der Waals surface area contributed by atoms with Gasteiger partial charge in [-0.05, 0) is 37.1 Å². The highest BCUT2D eigenvalue weighted by atomic mass is 19.1. The number of piperidine rings is 1. The summed E-state index contributed by atoms with van der Waals surface area (Å²) in [5.74, 6) is -1.28. The molecule has 0 atom stereocenters. The Labute approximate surface area is 115 Å². The second kappa shape index (κ2) is 5.07. The van der Waals surface area contributed by atoms with Crippen molar-refractivity contribution in [1.82, 2.24) is 4.98 Å². The molecule has 0 aliphatic carbocycles. The van der Waals surface area contributed by atoms with E-state index in [2.05, 4.69) is 9.88 Å². The minimum Gasteiger partial charge on any atom is -0.481 e. The fraction of sp³-hybridized carbons (Fsp3) is 0.333. The predicted octanol–water partition coefficient (Wildman–Crippen LogP) is 2.67. The molecule has 104 valence electrons. The van der Waals surface area contributed by atoms with Gasteiger partial charge in [0.2, 0.25) is 0 Å². The zero-order valence-electron chi connectivity index (χ0n) is 10.9. The molecule has 3 rings (SSSR count). The van der Waals surface area contributed by atoms with Crippen LogP contribution in [0.1, 0.15) is 12.8 Å². The van der Waals surface area contributed by atoms with E-state index in [1.807, 2.05) is 6.07 Å². The van der Waals surface area contributed by atoms with Crippen molar-refractivity contribution >= 4 is 22.6 Å². The first kappa shape index (κ1) is 12.8. The third-order valence-electron chi connectivity index (χ3n) is 3.87. The van der Waals surface area contributed by atoms with Crippen molar-refractivity contribution in [3.63, 3.8) is 0 Å². The summed E-state index contributed by atoms with van der Waals surface area (Å²) in [7, 11) is 0. The lowest BCUT2D eigenvalue weighted by atomic mass is 9.96. The van der Waals surface area contributed by atoms with Gasteiger partial charge in [-0.15, -0.1) is 0 Å². The molecule has 1 aliphatic rings. The van der Waals surface area contributed by atoms with Crippen LogP contribution >= 0.6 is 0 Å². The van der Waals surface area contributed by atoms with E-state index in [1.54, 1.807) is 12.3 Å². The van der Waals surface area contributed by atoms with Gasteiger partial charge in [0.05, 0.1) is 11.4 Å². The fourth-order valence-electron chi connectivity index (χ4n) is 2.75. The summed E-state index contributed by atoms with van der Waals surface area (Å²) >= 11 is 0. The van der Waals surface area contributed by atoms with Crippen molar-refractivity contribution in [2.24, 2.45) is 5.92 Å². The van der Waals surface area contributed by atoms with Crippen LogP contribution in [0.5, 0.6) is 0 Å². The molecule has 4 nitrogen and oxygen atoms in total. The van der Waals surface area contributed by atoms with E-state index < -0.39 is 5.97 Å². The molecule has 1 aromatic carbocycles. The second-order valence-corrected chi connectivity index (χ2v) is 5.09. The van der Waals surface area contributed by atoms with Gasteiger partial charge in [-0.25, -0.2) is 4.39 Å². The largest absolute Gasteiger partial charge is 0.481 e. The monoisotopic (exact) mass is 274 g/mol. The van der Waals surface area contributed by atoms with Crippen molar-refractivity contribution in [3.8, 4) is 0 Å². The first-order chi connectivity index (χ1) is 9.65. The smallest absolute Gasteiger partial charge is 0.306 e. The lowest BCUT2D eigenvalue weighted by Crippen LogP contribution is -2.36. The Hall–Kier alpha value is -2.17. The summed E-state index contributed by atoms with van der Waals surface area (Å²) < 4.78 is 13.4. The predicted molar refractivity (Wildman–Crippen MR) is 74.3 cm³/mol. The number of hydrogen-bond donors (Lipinski definition) is 1. The maximum atomic E-state index is 13.4. The Morgan fingerprint density at radius 1 is 1.30 bits per heavy atom. The third kappa shape index (κ3) is 2.31. The van der Waals surface area contributed by atoms with E-state index in [0.29, 0.717) is 25.9 Å². The van der Waals surface area contributed by atoms with Crippen LogP contribution in [0.4, 0.5) is 10.1 Å². The quantitative estimate of drug-likeness (QED) is 0.914. The van der Waals surface area contributed by atoms with E-state index in [9.17, 15) is 9.18 Å². The van der Waals surface area contributed by atoms with Gasteiger partial charge in [0.1, 0.15) is 5.82 Å². The van der Waals surface area contributed by atoms with Crippen molar-refractivity contribution in [3.05, 3.63) is 36.3 Å². The fourth-order valence-corrected chi connectivity index (χ4v) is 2.75. The van der Waals surface area contributed by atoms with Crippen LogP contribution in [0.3, 0.4) is 0 Å². The molecule has 0 bridgehead atoms. The highest BCUT2D eigenvalue weighted by Crippen LogP contribution is 2.29. The average molecular weight is 274 g/mol. The van der Waals surface area contributed by atoms with Crippen molar-refractivity contribution in [2.75, 3.05) is 18.0 Å². The molecule has 1 saturated heterocycles. The maximum Gasteiger partial charge on any atom is 0.306 e. The number of carboxylic acid groups (broad SMARTS) is 1. The number of hydrogen-bond acceptors (Lipinski definition) is 3. The molecule has 1 aromatic heterocycles. The summed E-state index contributed by atoms with van der Waals surface area (Å²) in [4.78, 5) is 17.3. The normalized spacial score (nSPS) is 16.6. The molecule has 0 unspecified atom stereocenters. The number of anilines is 1. The number of halogens is 1. The van der Waals surface area contributed by atoms with Gasteiger partial charge >= 0.3 is 5.97 Å². The van der Waals surface area contributed by atoms with Crippen LogP contribution in [0.2, 0.25) is 0 Å². The number of aromatic nitrogens is 1. The van der Waals surface area contributed by atoms with Gasteiger partial charge in [-0.1, -0.05) is 0 Å². The molecule has 0 spiro atoms. The highest BCUT2D eigenvalue weighted by molar-refractivity contribution is 5.91. The molecule has 5 heteroatoms. The van der Waals surface area contributed by atoms with E-state index in [1.165, 1.54) is 12.1 Å². The number of nitrogens with zero attached hydrogens (tertiary/aromatic N) is 2. The summed E-state index contributed by atoms with van der Waals surface area (Å²) in [5.41, 5.74) is 1.68. The average Bonchev–Trinajstić information content (AvgIpc) is 2.46. The van der Waals surface area contributed by atoms with Crippen LogP contribution in [0.25, 0.3) is 10.9 Å². The molecule has 0 saturated carbocycles. The number of carbonyl (C=O) groups is 1. The summed E-state index contributed by atoms with van der Waals surface area (Å²) in [6.45, 7) is 1.35. The Kier molecular flexibility index (Phi) is 3.26. The zero-order valence-corrected chi connectivity index (χ0v) is 10.9. The van der Waals surface area contributed by atoms with E-state index >= 15 is 0 Å². The van der Waals surface area contributed by atoms with Gasteiger partial charge in [0, 0.05) is 30.4 Å². The lowest BCUT2D eigenvalue weighted by molar-refractivity contribution is -0.142. The molecule has 0 radical (unpaired) electrons. The second-order valence-electron chi connectivity index (χ2n) is 5.09. The van der Waals surface area contributed by atoms with Gasteiger partial charge in [-0.3, -0.25) is 9.78 Å². The number of benzene rings is 1. The van der Waals surface area contributed by atoms with E-state index in [0.717, 1.165) is 16.6 Å².